The molecule has 0 aliphatic carbocycles. The quantitative estimate of drug-likeness (QED) is 0.673. The van der Waals surface area contributed by atoms with Gasteiger partial charge < -0.3 is 9.80 Å². The lowest BCUT2D eigenvalue weighted by atomic mass is 10.0. The van der Waals surface area contributed by atoms with Crippen molar-refractivity contribution in [1.29, 1.82) is 0 Å². The molecule has 4 nitrogen and oxygen atoms in total. The lowest BCUT2D eigenvalue weighted by Gasteiger charge is -2.35. The molecule has 0 spiro atoms. The van der Waals surface area contributed by atoms with Gasteiger partial charge in [-0.2, -0.15) is 0 Å². The van der Waals surface area contributed by atoms with Gasteiger partial charge in [-0.25, -0.2) is 0 Å². The number of piperazine rings is 1. The molecule has 136 valence electrons. The Morgan fingerprint density at radius 1 is 0.704 bits per heavy atom. The van der Waals surface area contributed by atoms with Gasteiger partial charge >= 0.3 is 0 Å². The van der Waals surface area contributed by atoms with Crippen molar-refractivity contribution >= 4 is 34.2 Å². The molecule has 1 aliphatic rings. The summed E-state index contributed by atoms with van der Waals surface area (Å²) in [6.45, 7) is 2.11. The number of carbonyl (C=O) groups excluding carboxylic acids is 2. The summed E-state index contributed by atoms with van der Waals surface area (Å²) in [4.78, 5) is 29.2. The van der Waals surface area contributed by atoms with Gasteiger partial charge in [0.15, 0.2) is 0 Å². The van der Waals surface area contributed by atoms with Gasteiger partial charge in [0.2, 0.25) is 0 Å². The normalized spacial score (nSPS) is 14.4. The molecule has 3 aromatic carbocycles. The van der Waals surface area contributed by atoms with E-state index in [9.17, 15) is 9.59 Å². The predicted octanol–water partition coefficient (Wildman–Crippen LogP) is 4.09. The SMILES string of the molecule is O=C(c1ccc(Cl)cc1)N1CCN(C(=O)c2cccc3ccccc23)CC1. The van der Waals surface area contributed by atoms with E-state index in [2.05, 4.69) is 0 Å². The van der Waals surface area contributed by atoms with E-state index in [1.54, 1.807) is 29.2 Å². The Balaban J connectivity index is 1.46. The van der Waals surface area contributed by atoms with Crippen molar-refractivity contribution in [2.45, 2.75) is 0 Å². The third kappa shape index (κ3) is 3.53. The van der Waals surface area contributed by atoms with Crippen LogP contribution in [0.5, 0.6) is 0 Å². The van der Waals surface area contributed by atoms with Crippen molar-refractivity contribution in [1.82, 2.24) is 9.80 Å². The summed E-state index contributed by atoms with van der Waals surface area (Å²) in [5.41, 5.74) is 1.33. The molecule has 0 N–H and O–H groups in total. The van der Waals surface area contributed by atoms with Gasteiger partial charge in [-0.3, -0.25) is 9.59 Å². The second-order valence-corrected chi connectivity index (χ2v) is 7.05. The van der Waals surface area contributed by atoms with Crippen molar-refractivity contribution in [2.75, 3.05) is 26.2 Å². The fraction of sp³-hybridized carbons (Fsp3) is 0.182. The van der Waals surface area contributed by atoms with E-state index in [-0.39, 0.29) is 11.8 Å². The Bertz CT molecular complexity index is 987. The average molecular weight is 379 g/mol. The second kappa shape index (κ2) is 7.41. The van der Waals surface area contributed by atoms with Crippen molar-refractivity contribution in [3.05, 3.63) is 82.9 Å². The molecule has 0 radical (unpaired) electrons. The van der Waals surface area contributed by atoms with Crippen molar-refractivity contribution in [2.24, 2.45) is 0 Å². The van der Waals surface area contributed by atoms with Gasteiger partial charge in [0.25, 0.3) is 11.8 Å². The van der Waals surface area contributed by atoms with Crippen LogP contribution in [0.1, 0.15) is 20.7 Å². The van der Waals surface area contributed by atoms with Crippen LogP contribution in [0, 0.1) is 0 Å². The highest BCUT2D eigenvalue weighted by atomic mass is 35.5. The van der Waals surface area contributed by atoms with E-state index >= 15 is 0 Å². The summed E-state index contributed by atoms with van der Waals surface area (Å²) >= 11 is 5.89. The summed E-state index contributed by atoms with van der Waals surface area (Å²) in [7, 11) is 0. The minimum absolute atomic E-state index is 0.0189. The zero-order valence-electron chi connectivity index (χ0n) is 14.8. The van der Waals surface area contributed by atoms with E-state index < -0.39 is 0 Å². The topological polar surface area (TPSA) is 40.6 Å². The largest absolute Gasteiger partial charge is 0.335 e. The monoisotopic (exact) mass is 378 g/mol. The van der Waals surface area contributed by atoms with E-state index in [0.29, 0.717) is 42.3 Å². The minimum atomic E-state index is -0.0241. The smallest absolute Gasteiger partial charge is 0.254 e. The van der Waals surface area contributed by atoms with E-state index in [1.807, 2.05) is 47.4 Å². The molecule has 0 unspecified atom stereocenters. The van der Waals surface area contributed by atoms with Crippen LogP contribution in [0.2, 0.25) is 5.02 Å². The second-order valence-electron chi connectivity index (χ2n) is 6.62. The van der Waals surface area contributed by atoms with Gasteiger partial charge in [-0.05, 0) is 41.1 Å². The predicted molar refractivity (Wildman–Crippen MR) is 107 cm³/mol. The van der Waals surface area contributed by atoms with Gasteiger partial charge in [-0.1, -0.05) is 48.0 Å². The molecule has 3 aromatic rings. The van der Waals surface area contributed by atoms with E-state index in [1.165, 1.54) is 0 Å². The Morgan fingerprint density at radius 2 is 1.30 bits per heavy atom. The summed E-state index contributed by atoms with van der Waals surface area (Å²) < 4.78 is 0. The van der Waals surface area contributed by atoms with E-state index in [4.69, 9.17) is 11.6 Å². The number of halogens is 1. The molecule has 1 heterocycles. The summed E-state index contributed by atoms with van der Waals surface area (Å²) in [5, 5.41) is 2.63. The zero-order valence-corrected chi connectivity index (χ0v) is 15.5. The number of rotatable bonds is 2. The van der Waals surface area contributed by atoms with Crippen LogP contribution in [-0.2, 0) is 0 Å². The van der Waals surface area contributed by atoms with Crippen LogP contribution < -0.4 is 0 Å². The van der Waals surface area contributed by atoms with Crippen LogP contribution in [0.4, 0.5) is 0 Å². The van der Waals surface area contributed by atoms with Gasteiger partial charge in [-0.15, -0.1) is 0 Å². The summed E-state index contributed by atoms with van der Waals surface area (Å²) in [5.74, 6) is -0.00526. The number of fused-ring (bicyclic) bond motifs is 1. The highest BCUT2D eigenvalue weighted by Gasteiger charge is 2.26. The molecule has 27 heavy (non-hydrogen) atoms. The maximum absolute atomic E-state index is 13.0. The maximum Gasteiger partial charge on any atom is 0.254 e. The first kappa shape index (κ1) is 17.6. The molecule has 1 fully saturated rings. The summed E-state index contributed by atoms with van der Waals surface area (Å²) in [6, 6.07) is 20.6. The molecule has 0 saturated carbocycles. The number of hydrogen-bond donors (Lipinski definition) is 0. The molecule has 0 aromatic heterocycles. The Labute approximate surface area is 162 Å². The van der Waals surface area contributed by atoms with Crippen LogP contribution in [0.25, 0.3) is 10.8 Å². The molecule has 4 rings (SSSR count). The number of benzene rings is 3. The molecule has 0 bridgehead atoms. The molecule has 2 amide bonds. The van der Waals surface area contributed by atoms with Crippen molar-refractivity contribution in [3.8, 4) is 0 Å². The molecule has 1 aliphatic heterocycles. The molecular formula is C22H19ClN2O2. The molecule has 5 heteroatoms. The highest BCUT2D eigenvalue weighted by Crippen LogP contribution is 2.21. The Kier molecular flexibility index (Phi) is 4.82. The summed E-state index contributed by atoms with van der Waals surface area (Å²) in [6.07, 6.45) is 0. The van der Waals surface area contributed by atoms with Crippen LogP contribution in [-0.4, -0.2) is 47.8 Å². The first-order valence-electron chi connectivity index (χ1n) is 8.95. The average Bonchev–Trinajstić information content (AvgIpc) is 2.73. The number of nitrogens with zero attached hydrogens (tertiary/aromatic N) is 2. The Morgan fingerprint density at radius 3 is 2.00 bits per heavy atom. The lowest BCUT2D eigenvalue weighted by molar-refractivity contribution is 0.0536. The van der Waals surface area contributed by atoms with Crippen LogP contribution in [0.3, 0.4) is 0 Å². The van der Waals surface area contributed by atoms with Gasteiger partial charge in [0.1, 0.15) is 0 Å². The molecule has 1 saturated heterocycles. The Hall–Kier alpha value is -2.85. The van der Waals surface area contributed by atoms with E-state index in [0.717, 1.165) is 10.8 Å². The third-order valence-corrected chi connectivity index (χ3v) is 5.22. The number of amides is 2. The van der Waals surface area contributed by atoms with Crippen molar-refractivity contribution < 1.29 is 9.59 Å². The zero-order chi connectivity index (χ0) is 18.8. The minimum Gasteiger partial charge on any atom is -0.335 e. The standard InChI is InChI=1S/C22H19ClN2O2/c23-18-10-8-17(9-11-18)21(26)24-12-14-25(15-13-24)22(27)20-7-3-5-16-4-1-2-6-19(16)20/h1-11H,12-15H2. The van der Waals surface area contributed by atoms with Crippen LogP contribution >= 0.6 is 11.6 Å². The highest BCUT2D eigenvalue weighted by molar-refractivity contribution is 6.30. The first-order valence-corrected chi connectivity index (χ1v) is 9.33. The maximum atomic E-state index is 13.0. The fourth-order valence-electron chi connectivity index (χ4n) is 3.47. The van der Waals surface area contributed by atoms with Crippen LogP contribution in [0.15, 0.2) is 66.7 Å². The molecule has 0 atom stereocenters. The third-order valence-electron chi connectivity index (χ3n) is 4.97. The number of hydrogen-bond acceptors (Lipinski definition) is 2. The lowest BCUT2D eigenvalue weighted by Crippen LogP contribution is -2.50. The molecular weight excluding hydrogens is 360 g/mol. The number of carbonyl (C=O) groups is 2. The first-order chi connectivity index (χ1) is 13.1. The van der Waals surface area contributed by atoms with Gasteiger partial charge in [0.05, 0.1) is 0 Å². The van der Waals surface area contributed by atoms with Crippen molar-refractivity contribution in [3.63, 3.8) is 0 Å². The fourth-order valence-corrected chi connectivity index (χ4v) is 3.60. The van der Waals surface area contributed by atoms with Gasteiger partial charge in [0, 0.05) is 42.3 Å².